The maximum absolute atomic E-state index is 11.7. The zero-order valence-electron chi connectivity index (χ0n) is 13.4. The topological polar surface area (TPSA) is 78.3 Å². The van der Waals surface area contributed by atoms with E-state index in [1.165, 1.54) is 32.1 Å². The van der Waals surface area contributed by atoms with Crippen molar-refractivity contribution in [1.82, 2.24) is 14.5 Å². The summed E-state index contributed by atoms with van der Waals surface area (Å²) >= 11 is 0. The fraction of sp³-hybridized carbons (Fsp3) is 0.529. The summed E-state index contributed by atoms with van der Waals surface area (Å²) in [6.07, 6.45) is 6.11. The van der Waals surface area contributed by atoms with Gasteiger partial charge in [0.1, 0.15) is 0 Å². The van der Waals surface area contributed by atoms with Crippen molar-refractivity contribution in [2.75, 3.05) is 13.6 Å². The summed E-state index contributed by atoms with van der Waals surface area (Å²) in [6, 6.07) is 6.21. The number of hydrogen-bond acceptors (Lipinski definition) is 3. The first-order chi connectivity index (χ1) is 11.1. The molecule has 2 aromatic rings. The summed E-state index contributed by atoms with van der Waals surface area (Å²) in [7, 11) is 2.16. The number of nitrogens with one attached hydrogen (secondary N) is 1. The van der Waals surface area contributed by atoms with E-state index >= 15 is 0 Å². The van der Waals surface area contributed by atoms with Gasteiger partial charge in [-0.2, -0.15) is 4.57 Å². The molecule has 6 heteroatoms. The molecule has 0 radical (unpaired) electrons. The molecule has 1 fully saturated rings. The van der Waals surface area contributed by atoms with Crippen LogP contribution < -0.4 is 5.69 Å². The second-order valence-corrected chi connectivity index (χ2v) is 6.42. The largest absolute Gasteiger partial charge is 0.464 e. The molecule has 23 heavy (non-hydrogen) atoms. The molecule has 0 atom stereocenters. The Labute approximate surface area is 134 Å². The summed E-state index contributed by atoms with van der Waals surface area (Å²) in [6.45, 7) is 0.942. The van der Waals surface area contributed by atoms with E-state index in [-0.39, 0.29) is 0 Å². The van der Waals surface area contributed by atoms with Crippen LogP contribution in [0.3, 0.4) is 0 Å². The molecule has 124 valence electrons. The molecule has 6 nitrogen and oxygen atoms in total. The molecule has 0 amide bonds. The third-order valence-electron chi connectivity index (χ3n) is 4.89. The van der Waals surface area contributed by atoms with Crippen molar-refractivity contribution in [3.63, 3.8) is 0 Å². The van der Waals surface area contributed by atoms with E-state index in [1.807, 2.05) is 6.07 Å². The number of benzene rings is 1. The molecule has 2 N–H and O–H groups in total. The predicted octanol–water partition coefficient (Wildman–Crippen LogP) is 2.66. The van der Waals surface area contributed by atoms with Crippen molar-refractivity contribution >= 4 is 17.1 Å². The van der Waals surface area contributed by atoms with Crippen molar-refractivity contribution in [3.05, 3.63) is 34.2 Å². The summed E-state index contributed by atoms with van der Waals surface area (Å²) in [4.78, 5) is 27.9. The summed E-state index contributed by atoms with van der Waals surface area (Å²) < 4.78 is 0.768. The van der Waals surface area contributed by atoms with E-state index < -0.39 is 11.8 Å². The number of nitrogens with zero attached hydrogens (tertiary/aromatic N) is 2. The number of aromatic amines is 1. The van der Waals surface area contributed by atoms with Crippen LogP contribution >= 0.6 is 0 Å². The molecule has 1 aromatic heterocycles. The van der Waals surface area contributed by atoms with Gasteiger partial charge in [-0.3, -0.25) is 0 Å². The Kier molecular flexibility index (Phi) is 4.52. The molecule has 0 aliphatic heterocycles. The Hall–Kier alpha value is -2.08. The Morgan fingerprint density at radius 2 is 2.09 bits per heavy atom. The molecule has 1 aliphatic carbocycles. The van der Waals surface area contributed by atoms with Crippen molar-refractivity contribution in [2.45, 2.75) is 44.6 Å². The highest BCUT2D eigenvalue weighted by molar-refractivity contribution is 5.85. The van der Waals surface area contributed by atoms with Crippen LogP contribution in [-0.4, -0.2) is 45.3 Å². The van der Waals surface area contributed by atoms with Crippen molar-refractivity contribution < 1.29 is 9.90 Å². The van der Waals surface area contributed by atoms with Crippen LogP contribution in [0.15, 0.2) is 23.0 Å². The van der Waals surface area contributed by atoms with Gasteiger partial charge in [-0.15, -0.1) is 0 Å². The predicted molar refractivity (Wildman–Crippen MR) is 89.2 cm³/mol. The van der Waals surface area contributed by atoms with Crippen molar-refractivity contribution in [2.24, 2.45) is 0 Å². The van der Waals surface area contributed by atoms with Crippen LogP contribution in [0.4, 0.5) is 4.79 Å². The molecule has 0 unspecified atom stereocenters. The normalized spacial score (nSPS) is 16.3. The number of H-pyrrole nitrogens is 1. The van der Waals surface area contributed by atoms with Gasteiger partial charge in [-0.05, 0) is 44.0 Å². The second-order valence-electron chi connectivity index (χ2n) is 6.42. The Morgan fingerprint density at radius 1 is 1.35 bits per heavy atom. The van der Waals surface area contributed by atoms with Gasteiger partial charge >= 0.3 is 11.8 Å². The SMILES string of the molecule is CN(CCc1ccc2[nH]c(=O)n(C(=O)O)c2c1)C1CCCCC1. The first-order valence-corrected chi connectivity index (χ1v) is 8.23. The van der Waals surface area contributed by atoms with Gasteiger partial charge in [0.25, 0.3) is 0 Å². The quantitative estimate of drug-likeness (QED) is 0.908. The number of hydrogen-bond donors (Lipinski definition) is 2. The lowest BCUT2D eigenvalue weighted by Gasteiger charge is -2.31. The van der Waals surface area contributed by atoms with Crippen LogP contribution in [0.5, 0.6) is 0 Å². The van der Waals surface area contributed by atoms with Gasteiger partial charge in [0.2, 0.25) is 0 Å². The zero-order valence-corrected chi connectivity index (χ0v) is 13.4. The highest BCUT2D eigenvalue weighted by Crippen LogP contribution is 2.22. The van der Waals surface area contributed by atoms with Gasteiger partial charge in [0, 0.05) is 12.6 Å². The summed E-state index contributed by atoms with van der Waals surface area (Å²) in [5.41, 5.74) is 1.43. The average molecular weight is 317 g/mol. The fourth-order valence-corrected chi connectivity index (χ4v) is 3.50. The second kappa shape index (κ2) is 6.58. The number of aromatic nitrogens is 2. The van der Waals surface area contributed by atoms with E-state index in [9.17, 15) is 9.59 Å². The maximum Gasteiger partial charge on any atom is 0.420 e. The lowest BCUT2D eigenvalue weighted by atomic mass is 9.94. The molecule has 0 bridgehead atoms. The van der Waals surface area contributed by atoms with E-state index in [4.69, 9.17) is 5.11 Å². The minimum Gasteiger partial charge on any atom is -0.464 e. The van der Waals surface area contributed by atoms with Gasteiger partial charge < -0.3 is 15.0 Å². The fourth-order valence-electron chi connectivity index (χ4n) is 3.50. The third kappa shape index (κ3) is 3.32. The molecule has 0 saturated heterocycles. The van der Waals surface area contributed by atoms with Gasteiger partial charge in [0.05, 0.1) is 11.0 Å². The summed E-state index contributed by atoms with van der Waals surface area (Å²) in [5, 5.41) is 9.17. The van der Waals surface area contributed by atoms with Crippen molar-refractivity contribution in [3.8, 4) is 0 Å². The molecule has 3 rings (SSSR count). The van der Waals surface area contributed by atoms with Gasteiger partial charge in [-0.25, -0.2) is 9.59 Å². The lowest BCUT2D eigenvalue weighted by Crippen LogP contribution is -2.34. The minimum absolute atomic E-state index is 0.431. The van der Waals surface area contributed by atoms with Gasteiger partial charge in [0.15, 0.2) is 0 Å². The zero-order chi connectivity index (χ0) is 16.4. The number of likely N-dealkylation sites (N-methyl/N-ethyl adjacent to an activating group) is 1. The smallest absolute Gasteiger partial charge is 0.420 e. The van der Waals surface area contributed by atoms with Crippen LogP contribution in [0.2, 0.25) is 0 Å². The summed E-state index contributed by atoms with van der Waals surface area (Å²) in [5.74, 6) is 0. The van der Waals surface area contributed by atoms with Crippen LogP contribution in [0.25, 0.3) is 11.0 Å². The highest BCUT2D eigenvalue weighted by Gasteiger charge is 2.18. The first-order valence-electron chi connectivity index (χ1n) is 8.23. The molecular weight excluding hydrogens is 294 g/mol. The lowest BCUT2D eigenvalue weighted by molar-refractivity contribution is 0.194. The standard InChI is InChI=1S/C17H23N3O3/c1-19(13-5-3-2-4-6-13)10-9-12-7-8-14-15(11-12)20(17(22)23)16(21)18-14/h7-8,11,13H,2-6,9-10H2,1H3,(H,18,21)(H,22,23). The molecule has 1 aromatic carbocycles. The number of imidazole rings is 1. The van der Waals surface area contributed by atoms with Gasteiger partial charge in [-0.1, -0.05) is 25.3 Å². The first kappa shape index (κ1) is 15.8. The van der Waals surface area contributed by atoms with E-state index in [0.29, 0.717) is 17.1 Å². The molecule has 1 heterocycles. The minimum atomic E-state index is -1.25. The van der Waals surface area contributed by atoms with Crippen molar-refractivity contribution in [1.29, 1.82) is 0 Å². The Balaban J connectivity index is 1.74. The molecular formula is C17H23N3O3. The monoisotopic (exact) mass is 317 g/mol. The van der Waals surface area contributed by atoms with E-state index in [0.717, 1.165) is 23.1 Å². The maximum atomic E-state index is 11.7. The van der Waals surface area contributed by atoms with E-state index in [2.05, 4.69) is 16.9 Å². The number of carbonyl (C=O) groups is 1. The van der Waals surface area contributed by atoms with E-state index in [1.54, 1.807) is 12.1 Å². The van der Waals surface area contributed by atoms with Crippen LogP contribution in [-0.2, 0) is 6.42 Å². The number of rotatable bonds is 4. The van der Waals surface area contributed by atoms with Crippen LogP contribution in [0.1, 0.15) is 37.7 Å². The Morgan fingerprint density at radius 3 is 2.78 bits per heavy atom. The third-order valence-corrected chi connectivity index (χ3v) is 4.89. The highest BCUT2D eigenvalue weighted by atomic mass is 16.4. The average Bonchev–Trinajstić information content (AvgIpc) is 2.88. The Bertz CT molecular complexity index is 756. The number of carboxylic acid groups (broad SMARTS) is 1. The number of fused-ring (bicyclic) bond motifs is 1. The van der Waals surface area contributed by atoms with Crippen LogP contribution in [0, 0.1) is 0 Å². The molecule has 1 saturated carbocycles. The molecule has 1 aliphatic rings. The molecule has 0 spiro atoms.